The van der Waals surface area contributed by atoms with Crippen molar-refractivity contribution in [2.45, 2.75) is 6.18 Å². The molecule has 5 heteroatoms. The van der Waals surface area contributed by atoms with E-state index in [1.54, 1.807) is 0 Å². The normalized spacial score (nSPS) is 12.7. The monoisotopic (exact) mass is 232 g/mol. The average molecular weight is 232 g/mol. The molecule has 0 aliphatic rings. The minimum Gasteiger partial charge on any atom is -0.497 e. The maximum atomic E-state index is 12.6. The van der Waals surface area contributed by atoms with Gasteiger partial charge in [-0.05, 0) is 23.8 Å². The lowest BCUT2D eigenvalue weighted by molar-refractivity contribution is -0.0692. The molecule has 0 aliphatic heterocycles. The van der Waals surface area contributed by atoms with Crippen LogP contribution in [0.15, 0.2) is 30.3 Å². The van der Waals surface area contributed by atoms with E-state index in [4.69, 9.17) is 9.84 Å². The number of alkyl halides is 3. The van der Waals surface area contributed by atoms with Crippen molar-refractivity contribution in [1.29, 1.82) is 0 Å². The Balaban J connectivity index is 3.08. The molecule has 0 fully saturated rings. The molecule has 1 rings (SSSR count). The molecule has 0 radical (unpaired) electrons. The summed E-state index contributed by atoms with van der Waals surface area (Å²) in [5.41, 5.74) is -0.847. The first-order chi connectivity index (χ1) is 7.49. The van der Waals surface area contributed by atoms with Gasteiger partial charge in [-0.2, -0.15) is 13.2 Å². The highest BCUT2D eigenvalue weighted by atomic mass is 19.4. The third kappa shape index (κ3) is 3.00. The Morgan fingerprint density at radius 1 is 1.31 bits per heavy atom. The smallest absolute Gasteiger partial charge is 0.416 e. The number of aliphatic hydroxyl groups is 1. The Bertz CT molecular complexity index is 366. The summed E-state index contributed by atoms with van der Waals surface area (Å²) in [5, 5.41) is 8.56. The molecule has 88 valence electrons. The van der Waals surface area contributed by atoms with E-state index in [0.29, 0.717) is 5.75 Å². The molecule has 0 bridgehead atoms. The van der Waals surface area contributed by atoms with Crippen LogP contribution in [0.2, 0.25) is 0 Å². The molecular weight excluding hydrogens is 221 g/mol. The number of halogens is 3. The van der Waals surface area contributed by atoms with Gasteiger partial charge in [-0.3, -0.25) is 0 Å². The van der Waals surface area contributed by atoms with Gasteiger partial charge in [0.2, 0.25) is 0 Å². The number of hydrogen-bond donors (Lipinski definition) is 1. The largest absolute Gasteiger partial charge is 0.497 e. The second kappa shape index (κ2) is 5.03. The number of hydrogen-bond acceptors (Lipinski definition) is 2. The van der Waals surface area contributed by atoms with Gasteiger partial charge >= 0.3 is 6.18 Å². The first-order valence-corrected chi connectivity index (χ1v) is 4.51. The van der Waals surface area contributed by atoms with Gasteiger partial charge in [-0.15, -0.1) is 0 Å². The highest BCUT2D eigenvalue weighted by molar-refractivity contribution is 5.70. The number of ether oxygens (including phenoxy) is 1. The topological polar surface area (TPSA) is 29.5 Å². The van der Waals surface area contributed by atoms with Gasteiger partial charge in [0.05, 0.1) is 19.3 Å². The summed E-state index contributed by atoms with van der Waals surface area (Å²) in [6.45, 7) is -0.652. The van der Waals surface area contributed by atoms with Crippen LogP contribution in [0.3, 0.4) is 0 Å². The van der Waals surface area contributed by atoms with E-state index in [-0.39, 0.29) is 5.56 Å². The number of allylic oxidation sites excluding steroid dienone is 1. The molecular formula is C11H11F3O2. The van der Waals surface area contributed by atoms with Gasteiger partial charge < -0.3 is 9.84 Å². The van der Waals surface area contributed by atoms with E-state index < -0.39 is 18.4 Å². The van der Waals surface area contributed by atoms with Crippen LogP contribution in [-0.4, -0.2) is 25.0 Å². The van der Waals surface area contributed by atoms with Crippen LogP contribution in [0.4, 0.5) is 13.2 Å². The molecule has 0 atom stereocenters. The molecule has 1 aromatic rings. The number of rotatable bonds is 3. The molecule has 0 aromatic heterocycles. The molecule has 0 heterocycles. The fourth-order valence-corrected chi connectivity index (χ4v) is 1.26. The van der Waals surface area contributed by atoms with Crippen LogP contribution in [-0.2, 0) is 0 Å². The molecule has 1 aromatic carbocycles. The minimum atomic E-state index is -4.47. The predicted molar refractivity (Wildman–Crippen MR) is 54.1 cm³/mol. The van der Waals surface area contributed by atoms with E-state index in [2.05, 4.69) is 0 Å². The molecule has 0 spiro atoms. The molecule has 0 saturated heterocycles. The SMILES string of the molecule is COc1ccc(C(=CCO)C(F)(F)F)cc1. The summed E-state index contributed by atoms with van der Waals surface area (Å²) in [7, 11) is 1.43. The van der Waals surface area contributed by atoms with Crippen molar-refractivity contribution in [3.05, 3.63) is 35.9 Å². The molecule has 0 amide bonds. The van der Waals surface area contributed by atoms with Crippen LogP contribution in [0.5, 0.6) is 5.75 Å². The first kappa shape index (κ1) is 12.6. The standard InChI is InChI=1S/C11H11F3O2/c1-16-9-4-2-8(3-5-9)10(6-7-15)11(12,13)14/h2-6,15H,7H2,1H3. The molecule has 0 unspecified atom stereocenters. The summed E-state index contributed by atoms with van der Waals surface area (Å²) in [6, 6.07) is 5.47. The molecule has 1 N–H and O–H groups in total. The highest BCUT2D eigenvalue weighted by Gasteiger charge is 2.34. The minimum absolute atomic E-state index is 0.00218. The Morgan fingerprint density at radius 3 is 2.25 bits per heavy atom. The number of aliphatic hydroxyl groups excluding tert-OH is 1. The zero-order valence-electron chi connectivity index (χ0n) is 8.58. The third-order valence-corrected chi connectivity index (χ3v) is 2.00. The first-order valence-electron chi connectivity index (χ1n) is 4.51. The van der Waals surface area contributed by atoms with Crippen molar-refractivity contribution >= 4 is 5.57 Å². The number of methoxy groups -OCH3 is 1. The van der Waals surface area contributed by atoms with Gasteiger partial charge in [0.15, 0.2) is 0 Å². The van der Waals surface area contributed by atoms with E-state index in [9.17, 15) is 13.2 Å². The molecule has 2 nitrogen and oxygen atoms in total. The molecule has 0 saturated carbocycles. The van der Waals surface area contributed by atoms with Gasteiger partial charge in [0, 0.05) is 0 Å². The second-order valence-electron chi connectivity index (χ2n) is 3.03. The maximum absolute atomic E-state index is 12.6. The van der Waals surface area contributed by atoms with Gasteiger partial charge in [-0.25, -0.2) is 0 Å². The summed E-state index contributed by atoms with van der Waals surface area (Å²) in [6.07, 6.45) is -3.74. The number of benzene rings is 1. The Labute approximate surface area is 91.0 Å². The van der Waals surface area contributed by atoms with Crippen LogP contribution >= 0.6 is 0 Å². The fourth-order valence-electron chi connectivity index (χ4n) is 1.26. The van der Waals surface area contributed by atoms with Crippen LogP contribution in [0.1, 0.15) is 5.56 Å². The van der Waals surface area contributed by atoms with E-state index in [1.165, 1.54) is 31.4 Å². The summed E-state index contributed by atoms with van der Waals surface area (Å²) >= 11 is 0. The summed E-state index contributed by atoms with van der Waals surface area (Å²) in [5.74, 6) is 0.481. The van der Waals surface area contributed by atoms with Crippen LogP contribution < -0.4 is 4.74 Å². The zero-order valence-corrected chi connectivity index (χ0v) is 8.58. The molecule has 16 heavy (non-hydrogen) atoms. The van der Waals surface area contributed by atoms with E-state index >= 15 is 0 Å². The Hall–Kier alpha value is -1.49. The lowest BCUT2D eigenvalue weighted by Gasteiger charge is -2.12. The van der Waals surface area contributed by atoms with Crippen LogP contribution in [0, 0.1) is 0 Å². The summed E-state index contributed by atoms with van der Waals surface area (Å²) < 4.78 is 42.5. The zero-order chi connectivity index (χ0) is 12.2. The fraction of sp³-hybridized carbons (Fsp3) is 0.273. The van der Waals surface area contributed by atoms with Crippen molar-refractivity contribution in [3.8, 4) is 5.75 Å². The lowest BCUT2D eigenvalue weighted by atomic mass is 10.1. The summed E-state index contributed by atoms with van der Waals surface area (Å²) in [4.78, 5) is 0. The predicted octanol–water partition coefficient (Wildman–Crippen LogP) is 2.63. The van der Waals surface area contributed by atoms with E-state index in [1.807, 2.05) is 0 Å². The van der Waals surface area contributed by atoms with Crippen LogP contribution in [0.25, 0.3) is 5.57 Å². The Morgan fingerprint density at radius 2 is 1.88 bits per heavy atom. The van der Waals surface area contributed by atoms with Crippen molar-refractivity contribution in [2.75, 3.05) is 13.7 Å². The van der Waals surface area contributed by atoms with E-state index in [0.717, 1.165) is 6.08 Å². The van der Waals surface area contributed by atoms with Crippen molar-refractivity contribution < 1.29 is 23.0 Å². The highest BCUT2D eigenvalue weighted by Crippen LogP contribution is 2.34. The quantitative estimate of drug-likeness (QED) is 0.868. The van der Waals surface area contributed by atoms with Crippen molar-refractivity contribution in [3.63, 3.8) is 0 Å². The maximum Gasteiger partial charge on any atom is 0.416 e. The van der Waals surface area contributed by atoms with Crippen molar-refractivity contribution in [1.82, 2.24) is 0 Å². The van der Waals surface area contributed by atoms with Gasteiger partial charge in [0.1, 0.15) is 5.75 Å². The van der Waals surface area contributed by atoms with Crippen molar-refractivity contribution in [2.24, 2.45) is 0 Å². The average Bonchev–Trinajstić information content (AvgIpc) is 2.25. The molecule has 0 aliphatic carbocycles. The Kier molecular flexibility index (Phi) is 3.95. The van der Waals surface area contributed by atoms with Gasteiger partial charge in [-0.1, -0.05) is 12.1 Å². The van der Waals surface area contributed by atoms with Gasteiger partial charge in [0.25, 0.3) is 0 Å². The second-order valence-corrected chi connectivity index (χ2v) is 3.03. The third-order valence-electron chi connectivity index (χ3n) is 2.00. The lowest BCUT2D eigenvalue weighted by Crippen LogP contribution is -2.11.